The minimum atomic E-state index is -0.854. The third-order valence-corrected chi connectivity index (χ3v) is 5.54. The summed E-state index contributed by atoms with van der Waals surface area (Å²) in [5.41, 5.74) is 1.68. The molecule has 2 aromatic carbocycles. The molecule has 4 nitrogen and oxygen atoms in total. The Balaban J connectivity index is 2.31. The molecule has 130 valence electrons. The van der Waals surface area contributed by atoms with E-state index in [-0.39, 0.29) is 13.0 Å². The van der Waals surface area contributed by atoms with Crippen LogP contribution in [0, 0.1) is 30.0 Å². The molecule has 0 bridgehead atoms. The van der Waals surface area contributed by atoms with Crippen LogP contribution in [0.3, 0.4) is 0 Å². The minimum Gasteiger partial charge on any atom is -0.481 e. The highest BCUT2D eigenvalue weighted by molar-refractivity contribution is 14.1. The van der Waals surface area contributed by atoms with Crippen molar-refractivity contribution in [3.63, 3.8) is 0 Å². The second-order valence-electron chi connectivity index (χ2n) is 5.11. The number of hydrogen-bond acceptors (Lipinski definition) is 3. The van der Waals surface area contributed by atoms with Crippen LogP contribution in [0.15, 0.2) is 24.3 Å². The lowest BCUT2D eigenvalue weighted by atomic mass is 10.1. The van der Waals surface area contributed by atoms with Gasteiger partial charge in [-0.15, -0.1) is 6.42 Å². The zero-order valence-corrected chi connectivity index (χ0v) is 19.6. The molecule has 0 aliphatic rings. The molecule has 0 aliphatic heterocycles. The van der Waals surface area contributed by atoms with Gasteiger partial charge in [-0.05, 0) is 110 Å². The van der Waals surface area contributed by atoms with E-state index in [9.17, 15) is 4.79 Å². The normalized spacial score (nSPS) is 10.2. The van der Waals surface area contributed by atoms with Gasteiger partial charge in [0, 0.05) is 0 Å². The van der Waals surface area contributed by atoms with Gasteiger partial charge in [0.1, 0.15) is 18.1 Å². The fraction of sp³-hybridized carbons (Fsp3) is 0.167. The van der Waals surface area contributed by atoms with E-state index in [1.54, 1.807) is 0 Å². The van der Waals surface area contributed by atoms with Crippen LogP contribution >= 0.6 is 67.8 Å². The number of ether oxygens (including phenoxy) is 2. The van der Waals surface area contributed by atoms with Gasteiger partial charge >= 0.3 is 5.97 Å². The largest absolute Gasteiger partial charge is 0.481 e. The summed E-state index contributed by atoms with van der Waals surface area (Å²) in [5, 5.41) is 8.94. The molecule has 2 aromatic rings. The average Bonchev–Trinajstić information content (AvgIpc) is 2.49. The molecule has 0 spiro atoms. The molecule has 0 saturated heterocycles. The number of halogens is 3. The topological polar surface area (TPSA) is 55.8 Å². The Morgan fingerprint density at radius 2 is 1.72 bits per heavy atom. The zero-order chi connectivity index (χ0) is 18.6. The third kappa shape index (κ3) is 5.62. The molecule has 0 unspecified atom stereocenters. The van der Waals surface area contributed by atoms with Gasteiger partial charge in [0.2, 0.25) is 0 Å². The molecule has 0 radical (unpaired) electrons. The van der Waals surface area contributed by atoms with Crippen LogP contribution < -0.4 is 9.47 Å². The van der Waals surface area contributed by atoms with Crippen LogP contribution in [-0.4, -0.2) is 17.7 Å². The number of carbonyl (C=O) groups is 1. The number of benzene rings is 2. The fourth-order valence-electron chi connectivity index (χ4n) is 2.16. The van der Waals surface area contributed by atoms with Crippen LogP contribution in [-0.2, 0) is 11.2 Å². The smallest absolute Gasteiger partial charge is 0.307 e. The van der Waals surface area contributed by atoms with Crippen LogP contribution in [0.4, 0.5) is 0 Å². The molecular weight excluding hydrogens is 661 g/mol. The average molecular weight is 674 g/mol. The SMILES string of the molecule is C#CCOc1c(C)cc(Oc2c(I)cc(CC(=O)O)cc2I)cc1I. The molecule has 0 heterocycles. The molecular formula is C18H13I3O4. The molecule has 0 aromatic heterocycles. The molecule has 0 aliphatic carbocycles. The highest BCUT2D eigenvalue weighted by Gasteiger charge is 2.14. The highest BCUT2D eigenvalue weighted by Crippen LogP contribution is 2.36. The fourth-order valence-corrected chi connectivity index (χ4v) is 5.16. The summed E-state index contributed by atoms with van der Waals surface area (Å²) in [6.45, 7) is 2.16. The van der Waals surface area contributed by atoms with Crippen LogP contribution in [0.2, 0.25) is 0 Å². The Hall–Kier alpha value is -0.740. The number of carboxylic acid groups (broad SMARTS) is 1. The van der Waals surface area contributed by atoms with E-state index in [0.29, 0.717) is 11.5 Å². The lowest BCUT2D eigenvalue weighted by Gasteiger charge is -2.15. The molecule has 7 heteroatoms. The number of rotatable bonds is 6. The molecule has 25 heavy (non-hydrogen) atoms. The number of hydrogen-bond donors (Lipinski definition) is 1. The Bertz CT molecular complexity index is 810. The van der Waals surface area contributed by atoms with Crippen molar-refractivity contribution in [1.29, 1.82) is 0 Å². The van der Waals surface area contributed by atoms with Crippen LogP contribution in [0.25, 0.3) is 0 Å². The molecule has 2 rings (SSSR count). The predicted molar refractivity (Wildman–Crippen MR) is 122 cm³/mol. The zero-order valence-electron chi connectivity index (χ0n) is 13.1. The highest BCUT2D eigenvalue weighted by atomic mass is 127. The summed E-state index contributed by atoms with van der Waals surface area (Å²) in [6, 6.07) is 7.44. The minimum absolute atomic E-state index is 0.00942. The number of aliphatic carboxylic acids is 1. The van der Waals surface area contributed by atoms with E-state index < -0.39 is 5.97 Å². The molecule has 1 N–H and O–H groups in total. The maximum atomic E-state index is 10.9. The van der Waals surface area contributed by atoms with Gasteiger partial charge in [-0.3, -0.25) is 4.79 Å². The van der Waals surface area contributed by atoms with Gasteiger partial charge < -0.3 is 14.6 Å². The van der Waals surface area contributed by atoms with Crippen molar-refractivity contribution in [3.8, 4) is 29.6 Å². The number of aryl methyl sites for hydroxylation is 1. The van der Waals surface area contributed by atoms with Gasteiger partial charge in [-0.2, -0.15) is 0 Å². The Morgan fingerprint density at radius 1 is 1.12 bits per heavy atom. The van der Waals surface area contributed by atoms with E-state index in [1.807, 2.05) is 31.2 Å². The van der Waals surface area contributed by atoms with Gasteiger partial charge in [-0.25, -0.2) is 0 Å². The van der Waals surface area contributed by atoms with Gasteiger partial charge in [0.25, 0.3) is 0 Å². The van der Waals surface area contributed by atoms with E-state index in [1.165, 1.54) is 0 Å². The van der Waals surface area contributed by atoms with Gasteiger partial charge in [0.05, 0.1) is 17.1 Å². The van der Waals surface area contributed by atoms with E-state index >= 15 is 0 Å². The first-order chi connectivity index (χ1) is 11.8. The monoisotopic (exact) mass is 674 g/mol. The summed E-state index contributed by atoms with van der Waals surface area (Å²) in [6.07, 6.45) is 5.23. The quantitative estimate of drug-likeness (QED) is 0.337. The standard InChI is InChI=1S/C18H13I3O4/c1-3-4-24-17-10(2)5-12(9-15(17)21)25-18-13(19)6-11(7-14(18)20)8-16(22)23/h1,5-7,9H,4,8H2,2H3,(H,22,23). The lowest BCUT2D eigenvalue weighted by Crippen LogP contribution is -2.02. The maximum absolute atomic E-state index is 10.9. The van der Waals surface area contributed by atoms with Crippen molar-refractivity contribution < 1.29 is 19.4 Å². The number of terminal acetylenes is 1. The van der Waals surface area contributed by atoms with Crippen molar-refractivity contribution in [2.24, 2.45) is 0 Å². The van der Waals surface area contributed by atoms with Crippen molar-refractivity contribution >= 4 is 73.7 Å². The Kier molecular flexibility index (Phi) is 7.63. The van der Waals surface area contributed by atoms with Gasteiger partial charge in [-0.1, -0.05) is 5.92 Å². The van der Waals surface area contributed by atoms with E-state index in [2.05, 4.69) is 73.7 Å². The Morgan fingerprint density at radius 3 is 2.24 bits per heavy atom. The first-order valence-corrected chi connectivity index (χ1v) is 10.3. The van der Waals surface area contributed by atoms with Crippen molar-refractivity contribution in [2.45, 2.75) is 13.3 Å². The van der Waals surface area contributed by atoms with E-state index in [4.69, 9.17) is 21.0 Å². The molecule has 0 amide bonds. The van der Waals surface area contributed by atoms with Crippen LogP contribution in [0.1, 0.15) is 11.1 Å². The Labute approximate surface area is 187 Å². The summed E-state index contributed by atoms with van der Waals surface area (Å²) < 4.78 is 14.3. The summed E-state index contributed by atoms with van der Waals surface area (Å²) in [7, 11) is 0. The number of carboxylic acids is 1. The summed E-state index contributed by atoms with van der Waals surface area (Å²) >= 11 is 6.50. The first kappa shape index (κ1) is 20.6. The molecule has 0 saturated carbocycles. The van der Waals surface area contributed by atoms with E-state index in [0.717, 1.165) is 27.6 Å². The summed E-state index contributed by atoms with van der Waals surface area (Å²) in [5.74, 6) is 3.76. The summed E-state index contributed by atoms with van der Waals surface area (Å²) in [4.78, 5) is 10.9. The van der Waals surface area contributed by atoms with Crippen LogP contribution in [0.5, 0.6) is 17.2 Å². The molecule has 0 fully saturated rings. The van der Waals surface area contributed by atoms with Crippen molar-refractivity contribution in [3.05, 3.63) is 46.1 Å². The van der Waals surface area contributed by atoms with Gasteiger partial charge in [0.15, 0.2) is 5.75 Å². The van der Waals surface area contributed by atoms with Crippen molar-refractivity contribution in [2.75, 3.05) is 6.61 Å². The first-order valence-electron chi connectivity index (χ1n) is 7.05. The lowest BCUT2D eigenvalue weighted by molar-refractivity contribution is -0.136. The van der Waals surface area contributed by atoms with Crippen molar-refractivity contribution in [1.82, 2.24) is 0 Å². The maximum Gasteiger partial charge on any atom is 0.307 e. The molecule has 0 atom stereocenters. The second-order valence-corrected chi connectivity index (χ2v) is 8.59. The predicted octanol–water partition coefficient (Wildman–Crippen LogP) is 5.24. The third-order valence-electron chi connectivity index (χ3n) is 3.14. The second kappa shape index (κ2) is 9.27.